The Labute approximate surface area is 67.8 Å². The van der Waals surface area contributed by atoms with Crippen LogP contribution in [0.5, 0.6) is 5.75 Å². The summed E-state index contributed by atoms with van der Waals surface area (Å²) in [5, 5.41) is 0. The molecule has 0 aromatic heterocycles. The molecule has 0 aliphatic heterocycles. The molecule has 0 saturated heterocycles. The molecule has 1 aromatic rings. The van der Waals surface area contributed by atoms with Crippen LogP contribution < -0.4 is 4.65 Å². The highest BCUT2D eigenvalue weighted by Gasteiger charge is 2.26. The summed E-state index contributed by atoms with van der Waals surface area (Å²) in [5.41, 5.74) is 0. The van der Waals surface area contributed by atoms with Gasteiger partial charge in [-0.1, -0.05) is 27.3 Å². The highest BCUT2D eigenvalue weighted by atomic mass is 19.3. The number of para-hydroxylation sites is 1. The number of rotatable bonds is 4. The van der Waals surface area contributed by atoms with Gasteiger partial charge < -0.3 is 4.65 Å². The van der Waals surface area contributed by atoms with Gasteiger partial charge in [0.15, 0.2) is 0 Å². The molecule has 0 heterocycles. The average Bonchev–Trinajstić information content (AvgIpc) is 2.16. The van der Waals surface area contributed by atoms with E-state index in [2.05, 4.69) is 14.4 Å². The number of benzene rings is 1. The molecule has 0 fully saturated rings. The molecule has 0 spiro atoms. The second-order valence-corrected chi connectivity index (χ2v) is 1.90. The third-order valence-electron chi connectivity index (χ3n) is 1.12. The van der Waals surface area contributed by atoms with E-state index in [4.69, 9.17) is 0 Å². The van der Waals surface area contributed by atoms with Crippen molar-refractivity contribution < 1.29 is 23.4 Å². The third kappa shape index (κ3) is 2.48. The zero-order valence-corrected chi connectivity index (χ0v) is 5.94. The van der Waals surface area contributed by atoms with Crippen LogP contribution in [-0.4, -0.2) is 7.32 Å². The molecule has 1 aromatic carbocycles. The van der Waals surface area contributed by atoms with Gasteiger partial charge in [-0.25, -0.2) is 0 Å². The first-order valence-corrected chi connectivity index (χ1v) is 3.13. The smallest absolute Gasteiger partial charge is 0.509 e. The first-order chi connectivity index (χ1) is 5.86. The molecule has 0 aliphatic carbocycles. The van der Waals surface area contributed by atoms with Gasteiger partial charge in [-0.3, -0.25) is 0 Å². The van der Waals surface area contributed by atoms with E-state index in [9.17, 15) is 9.05 Å². The highest BCUT2D eigenvalue weighted by molar-refractivity contribution is 6.36. The average molecular weight is 174 g/mol. The van der Waals surface area contributed by atoms with Crippen LogP contribution in [0.2, 0.25) is 0 Å². The summed E-state index contributed by atoms with van der Waals surface area (Å²) in [6, 6.07) is 8.02. The Bertz CT molecular complexity index is 217. The summed E-state index contributed by atoms with van der Waals surface area (Å²) in [7, 11) is -1.97. The van der Waals surface area contributed by atoms with Crippen molar-refractivity contribution in [1.29, 1.82) is 0 Å². The Morgan fingerprint density at radius 3 is 2.08 bits per heavy atom. The fourth-order valence-corrected chi connectivity index (χ4v) is 0.660. The number of hydrogen-bond donors (Lipinski definition) is 0. The van der Waals surface area contributed by atoms with Gasteiger partial charge in [0, 0.05) is 0 Å². The Balaban J connectivity index is 2.51. The van der Waals surface area contributed by atoms with Crippen LogP contribution in [0.15, 0.2) is 30.3 Å². The molecule has 0 atom stereocenters. The Morgan fingerprint density at radius 2 is 1.58 bits per heavy atom. The van der Waals surface area contributed by atoms with Gasteiger partial charge in [-0.2, -0.15) is 9.72 Å². The Hall–Kier alpha value is -1.14. The molecule has 64 valence electrons. The van der Waals surface area contributed by atoms with Gasteiger partial charge in [0.1, 0.15) is 5.75 Å². The van der Waals surface area contributed by atoms with Crippen molar-refractivity contribution in [3.63, 3.8) is 0 Å². The topological polar surface area (TPSA) is 27.7 Å². The Morgan fingerprint density at radius 1 is 1.00 bits per heavy atom. The third-order valence-corrected chi connectivity index (χ3v) is 1.12. The van der Waals surface area contributed by atoms with Crippen LogP contribution in [0.1, 0.15) is 0 Å². The van der Waals surface area contributed by atoms with Crippen molar-refractivity contribution in [3.05, 3.63) is 30.3 Å². The van der Waals surface area contributed by atoms with Gasteiger partial charge in [0.25, 0.3) is 0 Å². The predicted octanol–water partition coefficient (Wildman–Crippen LogP) is 1.85. The van der Waals surface area contributed by atoms with Crippen LogP contribution in [0.3, 0.4) is 0 Å². The van der Waals surface area contributed by atoms with Gasteiger partial charge in [0.2, 0.25) is 0 Å². The number of hydrogen-bond acceptors (Lipinski definition) is 3. The molecule has 3 nitrogen and oxygen atoms in total. The Kier molecular flexibility index (Phi) is 3.50. The minimum absolute atomic E-state index is 0.248. The van der Waals surface area contributed by atoms with E-state index in [1.54, 1.807) is 18.2 Å². The van der Waals surface area contributed by atoms with E-state index >= 15 is 0 Å². The lowest BCUT2D eigenvalue weighted by Crippen LogP contribution is -2.24. The highest BCUT2D eigenvalue weighted by Crippen LogP contribution is 2.10. The summed E-state index contributed by atoms with van der Waals surface area (Å²) < 4.78 is 27.2. The van der Waals surface area contributed by atoms with Gasteiger partial charge in [0.05, 0.1) is 0 Å². The summed E-state index contributed by atoms with van der Waals surface area (Å²) >= 11 is 0. The second-order valence-electron chi connectivity index (χ2n) is 1.90. The summed E-state index contributed by atoms with van der Waals surface area (Å²) in [5.74, 6) is 0.248. The van der Waals surface area contributed by atoms with Crippen molar-refractivity contribution in [2.75, 3.05) is 0 Å². The maximum absolute atomic E-state index is 11.4. The largest absolute Gasteiger partial charge is 0.778 e. The van der Waals surface area contributed by atoms with Crippen LogP contribution in [0, 0.1) is 0 Å². The zero-order chi connectivity index (χ0) is 8.81. The van der Waals surface area contributed by atoms with E-state index in [0.29, 0.717) is 0 Å². The molecule has 0 radical (unpaired) electrons. The molecule has 12 heavy (non-hydrogen) atoms. The minimum Gasteiger partial charge on any atom is -0.509 e. The molecule has 0 N–H and O–H groups in total. The molecule has 0 saturated carbocycles. The molecular formula is C6H5BF2O3. The molecule has 0 aliphatic rings. The lowest BCUT2D eigenvalue weighted by atomic mass is 10.2. The van der Waals surface area contributed by atoms with Crippen LogP contribution >= 0.6 is 0 Å². The maximum atomic E-state index is 11.4. The molecule has 0 bridgehead atoms. The quantitative estimate of drug-likeness (QED) is 0.651. The van der Waals surface area contributed by atoms with Gasteiger partial charge in [-0.15, -0.1) is 0 Å². The summed E-state index contributed by atoms with van der Waals surface area (Å²) in [6.45, 7) is 0. The van der Waals surface area contributed by atoms with Crippen molar-refractivity contribution in [3.8, 4) is 5.75 Å². The molecular weight excluding hydrogens is 169 g/mol. The lowest BCUT2D eigenvalue weighted by Gasteiger charge is -2.04. The fraction of sp³-hybridized carbons (Fsp3) is 0. The van der Waals surface area contributed by atoms with E-state index < -0.39 is 7.32 Å². The normalized spacial score (nSPS) is 9.50. The molecule has 1 rings (SSSR count). The van der Waals surface area contributed by atoms with E-state index in [1.165, 1.54) is 12.1 Å². The zero-order valence-electron chi connectivity index (χ0n) is 5.94. The maximum Gasteiger partial charge on any atom is 0.778 e. The van der Waals surface area contributed by atoms with Gasteiger partial charge >= 0.3 is 7.32 Å². The van der Waals surface area contributed by atoms with Crippen molar-refractivity contribution in [1.82, 2.24) is 0 Å². The predicted molar refractivity (Wildman–Crippen MR) is 37.2 cm³/mol. The molecule has 0 unspecified atom stereocenters. The monoisotopic (exact) mass is 174 g/mol. The molecule has 0 amide bonds. The van der Waals surface area contributed by atoms with Crippen molar-refractivity contribution in [2.45, 2.75) is 0 Å². The van der Waals surface area contributed by atoms with E-state index in [-0.39, 0.29) is 5.75 Å². The summed E-state index contributed by atoms with van der Waals surface area (Å²) in [6.07, 6.45) is 0. The van der Waals surface area contributed by atoms with Gasteiger partial charge in [-0.05, 0) is 12.1 Å². The van der Waals surface area contributed by atoms with E-state index in [1.807, 2.05) is 0 Å². The molecule has 6 heteroatoms. The first kappa shape index (κ1) is 8.96. The van der Waals surface area contributed by atoms with E-state index in [0.717, 1.165) is 0 Å². The lowest BCUT2D eigenvalue weighted by molar-refractivity contribution is -0.129. The fourth-order valence-electron chi connectivity index (χ4n) is 0.660. The number of halogens is 2. The van der Waals surface area contributed by atoms with Crippen LogP contribution in [0.25, 0.3) is 0 Å². The van der Waals surface area contributed by atoms with Crippen molar-refractivity contribution in [2.24, 2.45) is 0 Å². The standard InChI is InChI=1S/C6H5BF2O3/c8-11-7(12-9)10-6-4-2-1-3-5-6/h1-5H. The second kappa shape index (κ2) is 4.68. The SMILES string of the molecule is FOB(OF)Oc1ccccc1. The van der Waals surface area contributed by atoms with Crippen molar-refractivity contribution >= 4 is 7.32 Å². The minimum atomic E-state index is -1.97. The summed E-state index contributed by atoms with van der Waals surface area (Å²) in [4.78, 5) is 5.97. The first-order valence-electron chi connectivity index (χ1n) is 3.13. The van der Waals surface area contributed by atoms with Crippen LogP contribution in [-0.2, 0) is 9.72 Å². The van der Waals surface area contributed by atoms with Crippen LogP contribution in [0.4, 0.5) is 9.05 Å².